The van der Waals surface area contributed by atoms with Crippen LogP contribution < -0.4 is 14.8 Å². The molecule has 0 spiro atoms. The van der Waals surface area contributed by atoms with Gasteiger partial charge in [0.2, 0.25) is 11.8 Å². The summed E-state index contributed by atoms with van der Waals surface area (Å²) in [6.45, 7) is 10.8. The van der Waals surface area contributed by atoms with Crippen LogP contribution in [0.4, 0.5) is 10.7 Å². The zero-order chi connectivity index (χ0) is 29.0. The van der Waals surface area contributed by atoms with Crippen LogP contribution in [0.1, 0.15) is 49.2 Å². The van der Waals surface area contributed by atoms with E-state index in [0.29, 0.717) is 5.69 Å². The molecule has 1 heterocycles. The predicted octanol–water partition coefficient (Wildman–Crippen LogP) is 4.55. The summed E-state index contributed by atoms with van der Waals surface area (Å²) in [5, 5.41) is 11.9. The molecular weight excluding hydrogens is 524 g/mol. The number of nitrogens with zero attached hydrogens (tertiary/aromatic N) is 2. The van der Waals surface area contributed by atoms with E-state index in [1.54, 1.807) is 33.8 Å². The van der Waals surface area contributed by atoms with E-state index in [2.05, 4.69) is 20.0 Å². The number of anilines is 1. The first-order chi connectivity index (χ1) is 18.1. The van der Waals surface area contributed by atoms with Gasteiger partial charge in [-0.25, -0.2) is 27.7 Å². The van der Waals surface area contributed by atoms with E-state index in [0.717, 1.165) is 22.8 Å². The third-order valence-corrected chi connectivity index (χ3v) is 6.63. The first-order valence-corrected chi connectivity index (χ1v) is 13.6. The van der Waals surface area contributed by atoms with Gasteiger partial charge in [-0.1, -0.05) is 24.3 Å². The molecule has 0 fully saturated rings. The number of carbonyl (C=O) groups is 2. The Hall–Kier alpha value is -4.19. The fraction of sp³-hybridized carbons (Fsp3) is 0.333. The van der Waals surface area contributed by atoms with E-state index in [4.69, 9.17) is 9.47 Å². The van der Waals surface area contributed by atoms with Gasteiger partial charge in [-0.2, -0.15) is 4.98 Å². The lowest BCUT2D eigenvalue weighted by Crippen LogP contribution is -2.40. The number of rotatable bonds is 9. The second kappa shape index (κ2) is 11.7. The van der Waals surface area contributed by atoms with Crippen molar-refractivity contribution in [2.45, 2.75) is 58.1 Å². The Bertz CT molecular complexity index is 1460. The Labute approximate surface area is 227 Å². The monoisotopic (exact) mass is 556 g/mol. The maximum atomic E-state index is 13.1. The first kappa shape index (κ1) is 29.4. The zero-order valence-corrected chi connectivity index (χ0v) is 23.4. The minimum Gasteiger partial charge on any atom is -0.478 e. The number of benzene rings is 2. The Morgan fingerprint density at radius 3 is 2.28 bits per heavy atom. The molecule has 1 aromatic heterocycles. The van der Waals surface area contributed by atoms with Gasteiger partial charge in [0.15, 0.2) is 0 Å². The van der Waals surface area contributed by atoms with Crippen molar-refractivity contribution in [1.82, 2.24) is 15.3 Å². The number of alkyl carbamates (subject to hydrolysis) is 1. The fourth-order valence-electron chi connectivity index (χ4n) is 3.63. The molecular formula is C27H32N4O7S. The molecule has 2 aromatic carbocycles. The minimum atomic E-state index is -4.24. The highest BCUT2D eigenvalue weighted by Crippen LogP contribution is 2.29. The fourth-order valence-corrected chi connectivity index (χ4v) is 4.62. The van der Waals surface area contributed by atoms with E-state index in [1.807, 2.05) is 32.0 Å². The average molecular weight is 557 g/mol. The molecule has 39 heavy (non-hydrogen) atoms. The molecule has 1 atom stereocenters. The number of carboxylic acids is 1. The van der Waals surface area contributed by atoms with Crippen LogP contribution in [-0.2, 0) is 14.8 Å². The molecule has 12 heteroatoms. The number of sulfonamides is 1. The second-order valence-corrected chi connectivity index (χ2v) is 11.7. The van der Waals surface area contributed by atoms with Crippen molar-refractivity contribution < 1.29 is 32.6 Å². The second-order valence-electron chi connectivity index (χ2n) is 9.98. The zero-order valence-electron chi connectivity index (χ0n) is 22.6. The molecule has 0 aliphatic rings. The van der Waals surface area contributed by atoms with Crippen molar-refractivity contribution in [3.63, 3.8) is 0 Å². The molecule has 0 aliphatic carbocycles. The molecule has 3 rings (SSSR count). The van der Waals surface area contributed by atoms with Gasteiger partial charge >= 0.3 is 12.1 Å². The molecule has 0 saturated heterocycles. The van der Waals surface area contributed by atoms with E-state index in [1.165, 1.54) is 18.2 Å². The number of aryl methyl sites for hydroxylation is 2. The summed E-state index contributed by atoms with van der Waals surface area (Å²) in [5.74, 6) is -1.46. The highest BCUT2D eigenvalue weighted by atomic mass is 32.2. The highest BCUT2D eigenvalue weighted by molar-refractivity contribution is 7.92. The molecule has 11 nitrogen and oxygen atoms in total. The Morgan fingerprint density at radius 1 is 1.03 bits per heavy atom. The summed E-state index contributed by atoms with van der Waals surface area (Å²) < 4.78 is 39.6. The van der Waals surface area contributed by atoms with E-state index in [9.17, 15) is 23.1 Å². The topological polar surface area (TPSA) is 157 Å². The smallest absolute Gasteiger partial charge is 0.407 e. The molecule has 1 amide bonds. The van der Waals surface area contributed by atoms with E-state index < -0.39 is 33.7 Å². The maximum Gasteiger partial charge on any atom is 0.407 e. The molecule has 0 saturated carbocycles. The van der Waals surface area contributed by atoms with Gasteiger partial charge in [-0.15, -0.1) is 0 Å². The predicted molar refractivity (Wildman–Crippen MR) is 145 cm³/mol. The van der Waals surface area contributed by atoms with E-state index >= 15 is 0 Å². The van der Waals surface area contributed by atoms with Crippen LogP contribution in [-0.4, -0.2) is 53.8 Å². The normalized spacial score (nSPS) is 12.4. The number of aromatic carboxylic acids is 1. The number of carboxylic acid groups (broad SMARTS) is 1. The largest absolute Gasteiger partial charge is 0.478 e. The van der Waals surface area contributed by atoms with Gasteiger partial charge in [0.05, 0.1) is 22.2 Å². The van der Waals surface area contributed by atoms with Crippen molar-refractivity contribution >= 4 is 28.0 Å². The third-order valence-electron chi connectivity index (χ3n) is 5.30. The van der Waals surface area contributed by atoms with Crippen LogP contribution in [0.5, 0.6) is 5.88 Å². The number of nitrogens with one attached hydrogen (secondary N) is 2. The summed E-state index contributed by atoms with van der Waals surface area (Å²) in [5.41, 5.74) is 2.16. The average Bonchev–Trinajstić information content (AvgIpc) is 2.81. The summed E-state index contributed by atoms with van der Waals surface area (Å²) in [6, 6.07) is 11.8. The SMILES string of the molecule is Cc1cccc(C)c1-c1cc(OCC(C)NC(=O)OC(C)(C)C)nc(NS(=O)(=O)c2cccc(C(=O)O)c2)n1. The quantitative estimate of drug-likeness (QED) is 0.344. The van der Waals surface area contributed by atoms with Crippen molar-refractivity contribution in [3.8, 4) is 17.1 Å². The Balaban J connectivity index is 1.93. The number of ether oxygens (including phenoxy) is 2. The maximum absolute atomic E-state index is 13.1. The molecule has 3 aromatic rings. The van der Waals surface area contributed by atoms with Crippen LogP contribution in [0, 0.1) is 13.8 Å². The van der Waals surface area contributed by atoms with Crippen molar-refractivity contribution in [2.75, 3.05) is 11.3 Å². The number of hydrogen-bond acceptors (Lipinski definition) is 8. The molecule has 3 N–H and O–H groups in total. The van der Waals surface area contributed by atoms with Crippen molar-refractivity contribution in [3.05, 3.63) is 65.2 Å². The van der Waals surface area contributed by atoms with Gasteiger partial charge < -0.3 is 19.9 Å². The van der Waals surface area contributed by atoms with Crippen LogP contribution in [0.15, 0.2) is 53.4 Å². The Morgan fingerprint density at radius 2 is 1.67 bits per heavy atom. The number of aromatic nitrogens is 2. The van der Waals surface area contributed by atoms with Gasteiger partial charge in [-0.05, 0) is 70.9 Å². The molecule has 1 unspecified atom stereocenters. The number of amides is 1. The van der Waals surface area contributed by atoms with Crippen LogP contribution in [0.2, 0.25) is 0 Å². The lowest BCUT2D eigenvalue weighted by atomic mass is 10.00. The van der Waals surface area contributed by atoms with Gasteiger partial charge in [0.1, 0.15) is 12.2 Å². The number of carbonyl (C=O) groups excluding carboxylic acids is 1. The van der Waals surface area contributed by atoms with Crippen molar-refractivity contribution in [1.29, 1.82) is 0 Å². The van der Waals surface area contributed by atoms with Gasteiger partial charge in [-0.3, -0.25) is 0 Å². The summed E-state index contributed by atoms with van der Waals surface area (Å²) in [7, 11) is -4.24. The molecule has 0 radical (unpaired) electrons. The molecule has 208 valence electrons. The van der Waals surface area contributed by atoms with Gasteiger partial charge in [0, 0.05) is 11.6 Å². The summed E-state index contributed by atoms with van der Waals surface area (Å²) in [4.78, 5) is 31.8. The van der Waals surface area contributed by atoms with Crippen LogP contribution in [0.25, 0.3) is 11.3 Å². The number of hydrogen-bond donors (Lipinski definition) is 3. The third kappa shape index (κ3) is 8.14. The van der Waals surface area contributed by atoms with E-state index in [-0.39, 0.29) is 28.9 Å². The lowest BCUT2D eigenvalue weighted by molar-refractivity contribution is 0.0492. The minimum absolute atomic E-state index is 0.00922. The summed E-state index contributed by atoms with van der Waals surface area (Å²) in [6.07, 6.45) is -0.602. The molecule has 0 aliphatic heterocycles. The lowest BCUT2D eigenvalue weighted by Gasteiger charge is -2.22. The van der Waals surface area contributed by atoms with Crippen LogP contribution >= 0.6 is 0 Å². The summed E-state index contributed by atoms with van der Waals surface area (Å²) >= 11 is 0. The molecule has 0 bridgehead atoms. The van der Waals surface area contributed by atoms with Gasteiger partial charge in [0.25, 0.3) is 10.0 Å². The van der Waals surface area contributed by atoms with Crippen molar-refractivity contribution in [2.24, 2.45) is 0 Å². The van der Waals surface area contributed by atoms with Crippen LogP contribution in [0.3, 0.4) is 0 Å². The highest BCUT2D eigenvalue weighted by Gasteiger charge is 2.21. The Kier molecular flexibility index (Phi) is 8.80. The first-order valence-electron chi connectivity index (χ1n) is 12.1. The standard InChI is InChI=1S/C27H32N4O7S/c1-16-9-7-10-17(2)23(16)21-14-22(37-15-18(3)28-26(34)38-27(4,5)6)30-25(29-21)31-39(35,36)20-12-8-11-19(13-20)24(32)33/h7-14,18H,15H2,1-6H3,(H,28,34)(H,32,33)(H,29,30,31).